The first-order chi connectivity index (χ1) is 15.6. The topological polar surface area (TPSA) is 98.6 Å². The highest BCUT2D eigenvalue weighted by Gasteiger charge is 2.25. The Morgan fingerprint density at radius 3 is 1.85 bits per heavy atom. The molecule has 0 radical (unpaired) electrons. The van der Waals surface area contributed by atoms with Gasteiger partial charge in [-0.1, -0.05) is 59.6 Å². The van der Waals surface area contributed by atoms with Crippen molar-refractivity contribution in [2.45, 2.75) is 53.1 Å². The third-order valence-electron chi connectivity index (χ3n) is 4.67. The molecule has 33 heavy (non-hydrogen) atoms. The lowest BCUT2D eigenvalue weighted by molar-refractivity contribution is -0.103. The van der Waals surface area contributed by atoms with E-state index in [2.05, 4.69) is 15.9 Å². The molecule has 0 atom stereocenters. The molecule has 1 heterocycles. The highest BCUT2D eigenvalue weighted by molar-refractivity contribution is 9.10. The van der Waals surface area contributed by atoms with E-state index >= 15 is 0 Å². The van der Waals surface area contributed by atoms with Gasteiger partial charge in [0.05, 0.1) is 11.4 Å². The van der Waals surface area contributed by atoms with Crippen molar-refractivity contribution in [3.63, 3.8) is 0 Å². The van der Waals surface area contributed by atoms with Crippen LogP contribution in [0.3, 0.4) is 0 Å². The molecule has 2 aromatic carbocycles. The van der Waals surface area contributed by atoms with Gasteiger partial charge in [0.1, 0.15) is 5.60 Å². The maximum Gasteiger partial charge on any atom is 0.410 e. The van der Waals surface area contributed by atoms with E-state index in [0.29, 0.717) is 37.3 Å². The SMILES string of the molecule is CC.CC(C)(C)OC(=O)N1CCC(=C(C=O)c2ccc(Br)cc2)CC1.Nc1ccccc1N. The fourth-order valence-corrected chi connectivity index (χ4v) is 3.32. The van der Waals surface area contributed by atoms with Crippen molar-refractivity contribution in [1.29, 1.82) is 0 Å². The standard InChI is InChI=1S/C18H22BrNO3.C6H8N2.C2H6/c1-18(2,3)23-17(22)20-10-8-14(9-11-20)16(12-21)13-4-6-15(19)7-5-13;7-5-3-1-2-4-6(5)8;1-2/h4-7,12H,8-11H2,1-3H3;1-4H,7-8H2;1-2H3. The van der Waals surface area contributed by atoms with E-state index in [0.717, 1.165) is 27.5 Å². The zero-order valence-electron chi connectivity index (χ0n) is 20.2. The maximum atomic E-state index is 12.1. The van der Waals surface area contributed by atoms with Gasteiger partial charge in [-0.05, 0) is 63.4 Å². The number of allylic oxidation sites excluding steroid dienone is 1. The van der Waals surface area contributed by atoms with Crippen molar-refractivity contribution in [2.75, 3.05) is 24.6 Å². The van der Waals surface area contributed by atoms with Gasteiger partial charge in [-0.15, -0.1) is 0 Å². The van der Waals surface area contributed by atoms with Gasteiger partial charge in [-0.2, -0.15) is 0 Å². The molecular formula is C26H36BrN3O3. The summed E-state index contributed by atoms with van der Waals surface area (Å²) in [6.45, 7) is 10.7. The van der Waals surface area contributed by atoms with Crippen LogP contribution in [0.4, 0.5) is 16.2 Å². The molecule has 180 valence electrons. The number of hydrogen-bond donors (Lipinski definition) is 2. The number of piperidine rings is 1. The lowest BCUT2D eigenvalue weighted by atomic mass is 9.94. The van der Waals surface area contributed by atoms with E-state index in [4.69, 9.17) is 16.2 Å². The minimum atomic E-state index is -0.488. The van der Waals surface area contributed by atoms with Crippen molar-refractivity contribution in [3.8, 4) is 0 Å². The number of hydrogen-bond acceptors (Lipinski definition) is 5. The third kappa shape index (κ3) is 9.70. The zero-order valence-corrected chi connectivity index (χ0v) is 21.8. The largest absolute Gasteiger partial charge is 0.444 e. The highest BCUT2D eigenvalue weighted by Crippen LogP contribution is 2.27. The molecule has 0 saturated carbocycles. The van der Waals surface area contributed by atoms with Gasteiger partial charge in [0.25, 0.3) is 0 Å². The number of halogens is 1. The second-order valence-corrected chi connectivity index (χ2v) is 9.15. The number of likely N-dealkylation sites (tertiary alicyclic amines) is 1. The van der Waals surface area contributed by atoms with Gasteiger partial charge < -0.3 is 21.1 Å². The zero-order chi connectivity index (χ0) is 25.0. The summed E-state index contributed by atoms with van der Waals surface area (Å²) in [5.74, 6) is 0. The molecule has 7 heteroatoms. The Balaban J connectivity index is 0.000000454. The Morgan fingerprint density at radius 2 is 1.45 bits per heavy atom. The first-order valence-corrected chi connectivity index (χ1v) is 11.9. The van der Waals surface area contributed by atoms with E-state index in [1.165, 1.54) is 0 Å². The second-order valence-electron chi connectivity index (χ2n) is 8.24. The summed E-state index contributed by atoms with van der Waals surface area (Å²) in [4.78, 5) is 25.3. The summed E-state index contributed by atoms with van der Waals surface area (Å²) in [7, 11) is 0. The molecule has 1 amide bonds. The van der Waals surface area contributed by atoms with E-state index in [1.54, 1.807) is 17.0 Å². The van der Waals surface area contributed by atoms with Crippen LogP contribution in [0.5, 0.6) is 0 Å². The number of carbonyl (C=O) groups is 2. The molecule has 0 spiro atoms. The second kappa shape index (κ2) is 13.7. The fourth-order valence-electron chi connectivity index (χ4n) is 3.05. The van der Waals surface area contributed by atoms with Crippen LogP contribution in [-0.4, -0.2) is 36.0 Å². The molecule has 0 bridgehead atoms. The van der Waals surface area contributed by atoms with Gasteiger partial charge in [0.2, 0.25) is 0 Å². The molecule has 6 nitrogen and oxygen atoms in total. The number of nitrogens with two attached hydrogens (primary N) is 2. The van der Waals surface area contributed by atoms with Crippen molar-refractivity contribution in [2.24, 2.45) is 0 Å². The predicted molar refractivity (Wildman–Crippen MR) is 141 cm³/mol. The Hall–Kier alpha value is -2.80. The van der Waals surface area contributed by atoms with Crippen LogP contribution in [0.2, 0.25) is 0 Å². The Bertz CT molecular complexity index is 904. The molecule has 1 fully saturated rings. The van der Waals surface area contributed by atoms with E-state index in [-0.39, 0.29) is 6.09 Å². The van der Waals surface area contributed by atoms with Crippen molar-refractivity contribution in [1.82, 2.24) is 4.90 Å². The van der Waals surface area contributed by atoms with Gasteiger partial charge >= 0.3 is 6.09 Å². The lowest BCUT2D eigenvalue weighted by Gasteiger charge is -2.31. The number of rotatable bonds is 2. The van der Waals surface area contributed by atoms with Crippen LogP contribution in [0.25, 0.3) is 5.57 Å². The number of carbonyl (C=O) groups excluding carboxylic acids is 2. The number of amides is 1. The van der Waals surface area contributed by atoms with E-state index in [9.17, 15) is 9.59 Å². The highest BCUT2D eigenvalue weighted by atomic mass is 79.9. The van der Waals surface area contributed by atoms with Crippen LogP contribution in [0, 0.1) is 0 Å². The molecule has 1 aliphatic rings. The Kier molecular flexibility index (Phi) is 11.7. The van der Waals surface area contributed by atoms with Crippen molar-refractivity contribution in [3.05, 3.63) is 64.1 Å². The first-order valence-electron chi connectivity index (χ1n) is 11.1. The van der Waals surface area contributed by atoms with E-state index < -0.39 is 5.60 Å². The lowest BCUT2D eigenvalue weighted by Crippen LogP contribution is -2.40. The van der Waals surface area contributed by atoms with Crippen LogP contribution in [0.1, 0.15) is 53.0 Å². The summed E-state index contributed by atoms with van der Waals surface area (Å²) < 4.78 is 6.38. The quantitative estimate of drug-likeness (QED) is 0.276. The van der Waals surface area contributed by atoms with Gasteiger partial charge in [-0.3, -0.25) is 4.79 Å². The predicted octanol–water partition coefficient (Wildman–Crippen LogP) is 6.31. The number of benzene rings is 2. The molecule has 0 unspecified atom stereocenters. The molecule has 1 aliphatic heterocycles. The number of anilines is 2. The normalized spacial score (nSPS) is 13.0. The number of ether oxygens (including phenoxy) is 1. The molecular weight excluding hydrogens is 482 g/mol. The van der Waals surface area contributed by atoms with Crippen LogP contribution in [0.15, 0.2) is 58.6 Å². The third-order valence-corrected chi connectivity index (χ3v) is 5.20. The van der Waals surface area contributed by atoms with Gasteiger partial charge in [-0.25, -0.2) is 4.79 Å². The fraction of sp³-hybridized carbons (Fsp3) is 0.385. The molecule has 0 aromatic heterocycles. The van der Waals surface area contributed by atoms with Gasteiger partial charge in [0.15, 0.2) is 6.29 Å². The van der Waals surface area contributed by atoms with Crippen LogP contribution in [-0.2, 0) is 9.53 Å². The summed E-state index contributed by atoms with van der Waals surface area (Å²) in [6.07, 6.45) is 2.03. The molecule has 4 N–H and O–H groups in total. The van der Waals surface area contributed by atoms with Crippen LogP contribution < -0.4 is 11.5 Å². The molecule has 2 aromatic rings. The summed E-state index contributed by atoms with van der Waals surface area (Å²) in [5.41, 5.74) is 14.4. The monoisotopic (exact) mass is 517 g/mol. The minimum Gasteiger partial charge on any atom is -0.444 e. The van der Waals surface area contributed by atoms with E-state index in [1.807, 2.05) is 71.0 Å². The van der Waals surface area contributed by atoms with Crippen molar-refractivity contribution < 1.29 is 14.3 Å². The average Bonchev–Trinajstić information content (AvgIpc) is 2.79. The number of nitrogen functional groups attached to an aromatic ring is 2. The summed E-state index contributed by atoms with van der Waals surface area (Å²) in [6, 6.07) is 15.0. The number of nitrogens with zero attached hydrogens (tertiary/aromatic N) is 1. The molecule has 1 saturated heterocycles. The number of aldehydes is 1. The summed E-state index contributed by atoms with van der Waals surface area (Å²) in [5, 5.41) is 0. The van der Waals surface area contributed by atoms with Crippen molar-refractivity contribution >= 4 is 45.3 Å². The first kappa shape index (κ1) is 28.2. The number of para-hydroxylation sites is 2. The van der Waals surface area contributed by atoms with Crippen LogP contribution >= 0.6 is 15.9 Å². The maximum absolute atomic E-state index is 12.1. The van der Waals surface area contributed by atoms with Gasteiger partial charge in [0, 0.05) is 23.1 Å². The molecule has 0 aliphatic carbocycles. The Labute approximate surface area is 206 Å². The smallest absolute Gasteiger partial charge is 0.410 e. The summed E-state index contributed by atoms with van der Waals surface area (Å²) >= 11 is 3.40. The molecule has 3 rings (SSSR count). The minimum absolute atomic E-state index is 0.284. The Morgan fingerprint density at radius 1 is 0.970 bits per heavy atom. The average molecular weight is 518 g/mol.